The Bertz CT molecular complexity index is 310. The normalized spacial score (nSPS) is 22.1. The summed E-state index contributed by atoms with van der Waals surface area (Å²) in [5, 5.41) is 0. The van der Waals surface area contributed by atoms with E-state index in [2.05, 4.69) is 17.0 Å². The molecule has 15 heavy (non-hydrogen) atoms. The molecule has 1 fully saturated rings. The summed E-state index contributed by atoms with van der Waals surface area (Å²) in [6.45, 7) is 3.17. The fraction of sp³-hybridized carbons (Fsp3) is 0.500. The summed E-state index contributed by atoms with van der Waals surface area (Å²) in [6, 6.07) is 8.10. The third-order valence-corrected chi connectivity index (χ3v) is 2.95. The molecule has 2 rings (SSSR count). The van der Waals surface area contributed by atoms with E-state index in [0.29, 0.717) is 6.10 Å². The molecule has 0 saturated carbocycles. The third kappa shape index (κ3) is 2.70. The van der Waals surface area contributed by atoms with Crippen LogP contribution >= 0.6 is 0 Å². The van der Waals surface area contributed by atoms with Crippen LogP contribution in [0.1, 0.15) is 12.0 Å². The molecule has 0 aliphatic carbocycles. The summed E-state index contributed by atoms with van der Waals surface area (Å²) in [5.74, 6) is 0. The number of ether oxygens (including phenoxy) is 1. The van der Waals surface area contributed by atoms with E-state index in [1.165, 1.54) is 5.56 Å². The van der Waals surface area contributed by atoms with Crippen molar-refractivity contribution in [3.8, 4) is 0 Å². The van der Waals surface area contributed by atoms with E-state index >= 15 is 0 Å². The zero-order chi connectivity index (χ0) is 10.7. The first-order chi connectivity index (χ1) is 7.28. The summed E-state index contributed by atoms with van der Waals surface area (Å²) in [5.41, 5.74) is 7.79. The second-order valence-electron chi connectivity index (χ2n) is 4.12. The highest BCUT2D eigenvalue weighted by molar-refractivity contribution is 5.39. The summed E-state index contributed by atoms with van der Waals surface area (Å²) >= 11 is 0. The van der Waals surface area contributed by atoms with E-state index in [1.54, 1.807) is 7.11 Å². The lowest BCUT2D eigenvalue weighted by Crippen LogP contribution is -2.22. The molecule has 3 heteroatoms. The maximum absolute atomic E-state index is 5.64. The Morgan fingerprint density at radius 2 is 2.13 bits per heavy atom. The van der Waals surface area contributed by atoms with Gasteiger partial charge in [0.1, 0.15) is 0 Å². The average molecular weight is 206 g/mol. The molecule has 0 spiro atoms. The fourth-order valence-electron chi connectivity index (χ4n) is 2.01. The number of hydrogen-bond acceptors (Lipinski definition) is 3. The van der Waals surface area contributed by atoms with E-state index in [9.17, 15) is 0 Å². The van der Waals surface area contributed by atoms with E-state index in [4.69, 9.17) is 10.5 Å². The minimum atomic E-state index is 0.416. The maximum atomic E-state index is 5.64. The second-order valence-corrected chi connectivity index (χ2v) is 4.12. The molecule has 3 nitrogen and oxygen atoms in total. The van der Waals surface area contributed by atoms with Crippen LogP contribution < -0.4 is 5.73 Å². The molecule has 1 atom stereocenters. The quantitative estimate of drug-likeness (QED) is 0.761. The highest BCUT2D eigenvalue weighted by Crippen LogP contribution is 2.15. The van der Waals surface area contributed by atoms with Gasteiger partial charge in [-0.05, 0) is 24.1 Å². The fourth-order valence-corrected chi connectivity index (χ4v) is 2.01. The third-order valence-electron chi connectivity index (χ3n) is 2.95. The number of nitrogen functional groups attached to an aromatic ring is 1. The van der Waals surface area contributed by atoms with Crippen molar-refractivity contribution in [2.75, 3.05) is 25.9 Å². The molecule has 0 amide bonds. The van der Waals surface area contributed by atoms with Gasteiger partial charge in [-0.25, -0.2) is 0 Å². The van der Waals surface area contributed by atoms with Crippen LogP contribution in [0.3, 0.4) is 0 Å². The number of likely N-dealkylation sites (tertiary alicyclic amines) is 1. The number of anilines is 1. The van der Waals surface area contributed by atoms with Crippen LogP contribution in [0.25, 0.3) is 0 Å². The van der Waals surface area contributed by atoms with Crippen LogP contribution in [0.4, 0.5) is 5.69 Å². The van der Waals surface area contributed by atoms with E-state index in [1.807, 2.05) is 12.1 Å². The van der Waals surface area contributed by atoms with E-state index in [-0.39, 0.29) is 0 Å². The summed E-state index contributed by atoms with van der Waals surface area (Å²) in [6.07, 6.45) is 1.56. The summed E-state index contributed by atoms with van der Waals surface area (Å²) < 4.78 is 5.34. The van der Waals surface area contributed by atoms with Crippen LogP contribution in [-0.4, -0.2) is 31.2 Å². The molecule has 1 saturated heterocycles. The Hall–Kier alpha value is -1.06. The molecule has 1 aliphatic heterocycles. The smallest absolute Gasteiger partial charge is 0.0710 e. The van der Waals surface area contributed by atoms with Gasteiger partial charge in [-0.1, -0.05) is 12.1 Å². The number of methoxy groups -OCH3 is 1. The largest absolute Gasteiger partial charge is 0.399 e. The Labute approximate surface area is 90.8 Å². The van der Waals surface area contributed by atoms with Gasteiger partial charge in [0.25, 0.3) is 0 Å². The highest BCUT2D eigenvalue weighted by Gasteiger charge is 2.21. The van der Waals surface area contributed by atoms with Crippen molar-refractivity contribution in [2.45, 2.75) is 19.1 Å². The van der Waals surface area contributed by atoms with Gasteiger partial charge < -0.3 is 10.5 Å². The van der Waals surface area contributed by atoms with Crippen LogP contribution in [0.15, 0.2) is 24.3 Å². The van der Waals surface area contributed by atoms with Crippen LogP contribution in [0, 0.1) is 0 Å². The Morgan fingerprint density at radius 3 is 2.73 bits per heavy atom. The zero-order valence-electron chi connectivity index (χ0n) is 9.15. The first-order valence-corrected chi connectivity index (χ1v) is 5.37. The topological polar surface area (TPSA) is 38.5 Å². The van der Waals surface area contributed by atoms with Crippen LogP contribution in [0.2, 0.25) is 0 Å². The van der Waals surface area contributed by atoms with Crippen LogP contribution in [0.5, 0.6) is 0 Å². The molecule has 1 aliphatic rings. The molecule has 1 heterocycles. The predicted molar refractivity (Wildman–Crippen MR) is 61.5 cm³/mol. The highest BCUT2D eigenvalue weighted by atomic mass is 16.5. The van der Waals surface area contributed by atoms with Crippen molar-refractivity contribution < 1.29 is 4.74 Å². The Morgan fingerprint density at radius 1 is 1.40 bits per heavy atom. The molecule has 82 valence electrons. The summed E-state index contributed by atoms with van der Waals surface area (Å²) in [4.78, 5) is 2.42. The molecular weight excluding hydrogens is 188 g/mol. The maximum Gasteiger partial charge on any atom is 0.0710 e. The molecule has 1 aromatic carbocycles. The lowest BCUT2D eigenvalue weighted by atomic mass is 10.2. The zero-order valence-corrected chi connectivity index (χ0v) is 9.15. The molecule has 0 radical (unpaired) electrons. The van der Waals surface area contributed by atoms with Gasteiger partial charge in [0.05, 0.1) is 6.10 Å². The molecule has 0 aromatic heterocycles. The van der Waals surface area contributed by atoms with Crippen molar-refractivity contribution >= 4 is 5.69 Å². The van der Waals surface area contributed by atoms with Gasteiger partial charge in [-0.15, -0.1) is 0 Å². The number of benzene rings is 1. The molecular formula is C12H18N2O. The van der Waals surface area contributed by atoms with Gasteiger partial charge in [0, 0.05) is 32.4 Å². The van der Waals surface area contributed by atoms with E-state index in [0.717, 1.165) is 31.7 Å². The lowest BCUT2D eigenvalue weighted by Gasteiger charge is -2.15. The number of rotatable bonds is 3. The van der Waals surface area contributed by atoms with Gasteiger partial charge in [-0.3, -0.25) is 4.90 Å². The second kappa shape index (κ2) is 4.64. The van der Waals surface area contributed by atoms with Crippen molar-refractivity contribution in [3.05, 3.63) is 29.8 Å². The van der Waals surface area contributed by atoms with E-state index < -0.39 is 0 Å². The van der Waals surface area contributed by atoms with Gasteiger partial charge in [-0.2, -0.15) is 0 Å². The average Bonchev–Trinajstić information content (AvgIpc) is 2.69. The molecule has 2 N–H and O–H groups in total. The molecule has 1 aromatic rings. The van der Waals surface area contributed by atoms with Gasteiger partial charge in [0.15, 0.2) is 0 Å². The Balaban J connectivity index is 1.90. The molecule has 1 unspecified atom stereocenters. The minimum Gasteiger partial charge on any atom is -0.399 e. The van der Waals surface area contributed by atoms with Crippen LogP contribution in [-0.2, 0) is 11.3 Å². The summed E-state index contributed by atoms with van der Waals surface area (Å²) in [7, 11) is 1.79. The number of hydrogen-bond donors (Lipinski definition) is 1. The van der Waals surface area contributed by atoms with Crippen molar-refractivity contribution in [1.82, 2.24) is 4.90 Å². The monoisotopic (exact) mass is 206 g/mol. The van der Waals surface area contributed by atoms with Crippen molar-refractivity contribution in [3.63, 3.8) is 0 Å². The number of nitrogens with zero attached hydrogens (tertiary/aromatic N) is 1. The number of nitrogens with two attached hydrogens (primary N) is 1. The van der Waals surface area contributed by atoms with Gasteiger partial charge >= 0.3 is 0 Å². The van der Waals surface area contributed by atoms with Gasteiger partial charge in [0.2, 0.25) is 0 Å². The first-order valence-electron chi connectivity index (χ1n) is 5.37. The van der Waals surface area contributed by atoms with Crippen molar-refractivity contribution in [1.29, 1.82) is 0 Å². The standard InChI is InChI=1S/C12H18N2O/c1-15-12-6-7-14(9-12)8-10-2-4-11(13)5-3-10/h2-5,12H,6-9,13H2,1H3. The SMILES string of the molecule is COC1CCN(Cc2ccc(N)cc2)C1. The lowest BCUT2D eigenvalue weighted by molar-refractivity contribution is 0.107. The minimum absolute atomic E-state index is 0.416. The Kier molecular flexibility index (Phi) is 3.23. The predicted octanol–water partition coefficient (Wildman–Crippen LogP) is 1.49. The first kappa shape index (κ1) is 10.5. The molecule has 0 bridgehead atoms. The van der Waals surface area contributed by atoms with Crippen molar-refractivity contribution in [2.24, 2.45) is 0 Å².